The van der Waals surface area contributed by atoms with Gasteiger partial charge in [0, 0.05) is 12.1 Å². The molecule has 0 aromatic heterocycles. The van der Waals surface area contributed by atoms with E-state index in [4.69, 9.17) is 0 Å². The van der Waals surface area contributed by atoms with Gasteiger partial charge < -0.3 is 5.32 Å². The largest absolute Gasteiger partial charge is 0.349 e. The van der Waals surface area contributed by atoms with E-state index < -0.39 is 11.7 Å². The molecule has 0 radical (unpaired) electrons. The summed E-state index contributed by atoms with van der Waals surface area (Å²) in [5.74, 6) is -0.235. The van der Waals surface area contributed by atoms with Crippen LogP contribution in [0.5, 0.6) is 0 Å². The van der Waals surface area contributed by atoms with Crippen LogP contribution < -0.4 is 5.32 Å². The molecule has 0 spiro atoms. The SMILES string of the molecule is CC(C)CNC(=O)C(=O)c1ccc(C(C)C)cc1. The monoisotopic (exact) mass is 247 g/mol. The fourth-order valence-electron chi connectivity index (χ4n) is 1.53. The summed E-state index contributed by atoms with van der Waals surface area (Å²) in [5, 5.41) is 2.63. The maximum atomic E-state index is 11.8. The Hall–Kier alpha value is -1.64. The van der Waals surface area contributed by atoms with E-state index in [9.17, 15) is 9.59 Å². The van der Waals surface area contributed by atoms with Crippen molar-refractivity contribution in [1.82, 2.24) is 5.32 Å². The van der Waals surface area contributed by atoms with Crippen molar-refractivity contribution >= 4 is 11.7 Å². The first-order valence-corrected chi connectivity index (χ1v) is 6.34. The second-order valence-electron chi connectivity index (χ2n) is 5.21. The summed E-state index contributed by atoms with van der Waals surface area (Å²) in [4.78, 5) is 23.4. The minimum absolute atomic E-state index is 0.338. The Bertz CT molecular complexity index is 419. The highest BCUT2D eigenvalue weighted by molar-refractivity contribution is 6.42. The number of nitrogens with one attached hydrogen (secondary N) is 1. The Kier molecular flexibility index (Phi) is 5.08. The standard InChI is InChI=1S/C15H21NO2/c1-10(2)9-16-15(18)14(17)13-7-5-12(6-8-13)11(3)4/h5-8,10-11H,9H2,1-4H3,(H,16,18). The van der Waals surface area contributed by atoms with Gasteiger partial charge in [-0.25, -0.2) is 0 Å². The Balaban J connectivity index is 2.69. The number of amides is 1. The summed E-state index contributed by atoms with van der Waals surface area (Å²) >= 11 is 0. The average Bonchev–Trinajstić information content (AvgIpc) is 2.35. The Morgan fingerprint density at radius 3 is 2.06 bits per heavy atom. The second kappa shape index (κ2) is 6.34. The predicted octanol–water partition coefficient (Wildman–Crippen LogP) is 2.76. The van der Waals surface area contributed by atoms with E-state index >= 15 is 0 Å². The van der Waals surface area contributed by atoms with Crippen molar-refractivity contribution < 1.29 is 9.59 Å². The van der Waals surface area contributed by atoms with Crippen LogP contribution in [0.1, 0.15) is 49.5 Å². The van der Waals surface area contributed by atoms with E-state index in [-0.39, 0.29) is 0 Å². The van der Waals surface area contributed by atoms with Crippen molar-refractivity contribution in [2.45, 2.75) is 33.6 Å². The number of benzene rings is 1. The van der Waals surface area contributed by atoms with Crippen molar-refractivity contribution in [3.8, 4) is 0 Å². The molecule has 1 amide bonds. The van der Waals surface area contributed by atoms with Crippen LogP contribution in [-0.4, -0.2) is 18.2 Å². The normalized spacial score (nSPS) is 10.8. The van der Waals surface area contributed by atoms with E-state index in [0.717, 1.165) is 5.56 Å². The predicted molar refractivity (Wildman–Crippen MR) is 72.7 cm³/mol. The van der Waals surface area contributed by atoms with Gasteiger partial charge in [-0.1, -0.05) is 52.0 Å². The molecule has 1 N–H and O–H groups in total. The first kappa shape index (κ1) is 14.4. The molecule has 0 saturated carbocycles. The van der Waals surface area contributed by atoms with Crippen LogP contribution in [0.4, 0.5) is 0 Å². The topological polar surface area (TPSA) is 46.2 Å². The Labute approximate surface area is 109 Å². The highest BCUT2D eigenvalue weighted by Gasteiger charge is 2.15. The lowest BCUT2D eigenvalue weighted by molar-refractivity contribution is -0.117. The first-order valence-electron chi connectivity index (χ1n) is 6.34. The van der Waals surface area contributed by atoms with Crippen LogP contribution in [0.3, 0.4) is 0 Å². The molecule has 1 rings (SSSR count). The molecule has 1 aromatic carbocycles. The van der Waals surface area contributed by atoms with Crippen LogP contribution in [0.15, 0.2) is 24.3 Å². The number of rotatable bonds is 5. The number of hydrogen-bond donors (Lipinski definition) is 1. The molecule has 1 aromatic rings. The van der Waals surface area contributed by atoms with Gasteiger partial charge in [0.05, 0.1) is 0 Å². The summed E-state index contributed by atoms with van der Waals surface area (Å²) in [6, 6.07) is 7.22. The highest BCUT2D eigenvalue weighted by Crippen LogP contribution is 2.14. The Morgan fingerprint density at radius 1 is 1.06 bits per heavy atom. The van der Waals surface area contributed by atoms with Gasteiger partial charge in [0.1, 0.15) is 0 Å². The third kappa shape index (κ3) is 3.99. The molecule has 0 fully saturated rings. The van der Waals surface area contributed by atoms with Crippen LogP contribution in [0.2, 0.25) is 0 Å². The minimum Gasteiger partial charge on any atom is -0.349 e. The Morgan fingerprint density at radius 2 is 1.61 bits per heavy atom. The molecule has 18 heavy (non-hydrogen) atoms. The molecule has 0 aliphatic carbocycles. The van der Waals surface area contributed by atoms with Crippen LogP contribution >= 0.6 is 0 Å². The van der Waals surface area contributed by atoms with Gasteiger partial charge in [-0.05, 0) is 17.4 Å². The zero-order chi connectivity index (χ0) is 13.7. The molecule has 0 aliphatic rings. The average molecular weight is 247 g/mol. The van der Waals surface area contributed by atoms with E-state index in [1.807, 2.05) is 26.0 Å². The van der Waals surface area contributed by atoms with Crippen LogP contribution in [0, 0.1) is 5.92 Å². The minimum atomic E-state index is -0.527. The van der Waals surface area contributed by atoms with Crippen molar-refractivity contribution in [2.24, 2.45) is 5.92 Å². The van der Waals surface area contributed by atoms with E-state index in [2.05, 4.69) is 19.2 Å². The van der Waals surface area contributed by atoms with Gasteiger partial charge in [0.15, 0.2) is 0 Å². The number of carbonyl (C=O) groups is 2. The van der Waals surface area contributed by atoms with Crippen molar-refractivity contribution in [1.29, 1.82) is 0 Å². The summed E-state index contributed by atoms with van der Waals surface area (Å²) in [6.45, 7) is 8.68. The third-order valence-electron chi connectivity index (χ3n) is 2.72. The maximum absolute atomic E-state index is 11.8. The number of hydrogen-bond acceptors (Lipinski definition) is 2. The first-order chi connectivity index (χ1) is 8.41. The fourth-order valence-corrected chi connectivity index (χ4v) is 1.53. The van der Waals surface area contributed by atoms with Gasteiger partial charge in [0.2, 0.25) is 5.78 Å². The zero-order valence-electron chi connectivity index (χ0n) is 11.5. The molecule has 0 bridgehead atoms. The summed E-state index contributed by atoms with van der Waals surface area (Å²) < 4.78 is 0. The van der Waals surface area contributed by atoms with Crippen LogP contribution in [0.25, 0.3) is 0 Å². The summed E-state index contributed by atoms with van der Waals surface area (Å²) in [6.07, 6.45) is 0. The van der Waals surface area contributed by atoms with Gasteiger partial charge in [0.25, 0.3) is 5.91 Å². The maximum Gasteiger partial charge on any atom is 0.292 e. The summed E-state index contributed by atoms with van der Waals surface area (Å²) in [5.41, 5.74) is 1.61. The molecule has 0 saturated heterocycles. The van der Waals surface area contributed by atoms with E-state index in [1.54, 1.807) is 12.1 Å². The molecular weight excluding hydrogens is 226 g/mol. The molecule has 3 heteroatoms. The van der Waals surface area contributed by atoms with Crippen LogP contribution in [-0.2, 0) is 4.79 Å². The highest BCUT2D eigenvalue weighted by atomic mass is 16.2. The van der Waals surface area contributed by atoms with Gasteiger partial charge >= 0.3 is 0 Å². The zero-order valence-corrected chi connectivity index (χ0v) is 11.5. The van der Waals surface area contributed by atoms with Crippen molar-refractivity contribution in [2.75, 3.05) is 6.54 Å². The summed E-state index contributed by atoms with van der Waals surface area (Å²) in [7, 11) is 0. The lowest BCUT2D eigenvalue weighted by Crippen LogP contribution is -2.33. The van der Waals surface area contributed by atoms with Gasteiger partial charge in [-0.3, -0.25) is 9.59 Å². The quantitative estimate of drug-likeness (QED) is 0.642. The molecule has 98 valence electrons. The van der Waals surface area contributed by atoms with E-state index in [1.165, 1.54) is 0 Å². The van der Waals surface area contributed by atoms with E-state index in [0.29, 0.717) is 23.9 Å². The molecule has 3 nitrogen and oxygen atoms in total. The lowest BCUT2D eigenvalue weighted by Gasteiger charge is -2.08. The molecule has 0 aliphatic heterocycles. The molecular formula is C15H21NO2. The molecule has 0 unspecified atom stereocenters. The van der Waals surface area contributed by atoms with Crippen molar-refractivity contribution in [3.05, 3.63) is 35.4 Å². The number of carbonyl (C=O) groups excluding carboxylic acids is 2. The van der Waals surface area contributed by atoms with Crippen molar-refractivity contribution in [3.63, 3.8) is 0 Å². The fraction of sp³-hybridized carbons (Fsp3) is 0.467. The molecule has 0 atom stereocenters. The van der Waals surface area contributed by atoms with Gasteiger partial charge in [-0.2, -0.15) is 0 Å². The number of ketones is 1. The lowest BCUT2D eigenvalue weighted by atomic mass is 10.0. The number of Topliss-reactive ketones (excluding diaryl/α,β-unsaturated/α-hetero) is 1. The smallest absolute Gasteiger partial charge is 0.292 e. The third-order valence-corrected chi connectivity index (χ3v) is 2.72. The second-order valence-corrected chi connectivity index (χ2v) is 5.21. The van der Waals surface area contributed by atoms with Gasteiger partial charge in [-0.15, -0.1) is 0 Å². The molecule has 0 heterocycles.